The molecule has 3 rings (SSSR count). The number of sulfonamides is 2. The summed E-state index contributed by atoms with van der Waals surface area (Å²) in [6.07, 6.45) is 3.11. The fraction of sp³-hybridized carbons (Fsp3) is 0.462. The number of hydrogen-bond donors (Lipinski definition) is 1. The molecule has 248 valence electrons. The third-order valence-corrected chi connectivity index (χ3v) is 11.6. The minimum absolute atomic E-state index is 0.0764. The number of thiophene rings is 1. The highest BCUT2D eigenvalue weighted by Crippen LogP contribution is 2.42. The number of esters is 1. The van der Waals surface area contributed by atoms with Crippen LogP contribution in [-0.2, 0) is 39.2 Å². The van der Waals surface area contributed by atoms with Crippen molar-refractivity contribution >= 4 is 49.3 Å². The molecule has 2 heterocycles. The number of carbonyl (C=O) groups is 2. The fourth-order valence-electron chi connectivity index (χ4n) is 4.50. The minimum atomic E-state index is -4.21. The van der Waals surface area contributed by atoms with Crippen molar-refractivity contribution in [3.63, 3.8) is 0 Å². The van der Waals surface area contributed by atoms with Crippen LogP contribution in [0.3, 0.4) is 0 Å². The first kappa shape index (κ1) is 35.9. The van der Waals surface area contributed by atoms with E-state index in [1.54, 1.807) is 13.0 Å². The summed E-state index contributed by atoms with van der Waals surface area (Å²) in [6.45, 7) is 1.93. The Morgan fingerprint density at radius 2 is 1.93 bits per heavy atom. The van der Waals surface area contributed by atoms with Crippen molar-refractivity contribution in [1.82, 2.24) is 9.21 Å². The van der Waals surface area contributed by atoms with Crippen molar-refractivity contribution < 1.29 is 50.6 Å². The van der Waals surface area contributed by atoms with Crippen LogP contribution in [0.2, 0.25) is 0 Å². The van der Waals surface area contributed by atoms with Crippen LogP contribution in [0.25, 0.3) is 6.08 Å². The topological polar surface area (TPSA) is 215 Å². The second-order valence-corrected chi connectivity index (χ2v) is 14.6. The van der Waals surface area contributed by atoms with Crippen molar-refractivity contribution in [2.45, 2.75) is 40.6 Å². The van der Waals surface area contributed by atoms with Gasteiger partial charge in [0.15, 0.2) is 11.5 Å². The molecule has 0 spiro atoms. The SMILES string of the molecule is CCN(C(=O)C=Cc1ccc(OC(=O)CCCO[N+](=O)[O-])c(OC)c1)[C@H]1CN(CCCOC)S(=O)(=O)c2sc(S(N)(=O)=O)cc21. The Balaban J connectivity index is 1.83. The van der Waals surface area contributed by atoms with E-state index >= 15 is 0 Å². The monoisotopic (exact) mass is 690 g/mol. The van der Waals surface area contributed by atoms with E-state index in [0.717, 1.165) is 0 Å². The second-order valence-electron chi connectivity index (χ2n) is 9.58. The van der Waals surface area contributed by atoms with E-state index in [1.165, 1.54) is 53.8 Å². The zero-order chi connectivity index (χ0) is 33.4. The Hall–Kier alpha value is -3.62. The van der Waals surface area contributed by atoms with Crippen molar-refractivity contribution in [3.05, 3.63) is 51.6 Å². The summed E-state index contributed by atoms with van der Waals surface area (Å²) in [5.74, 6) is -0.834. The molecule has 1 aliphatic rings. The van der Waals surface area contributed by atoms with E-state index in [2.05, 4.69) is 4.84 Å². The van der Waals surface area contributed by atoms with Crippen LogP contribution in [0.4, 0.5) is 0 Å². The van der Waals surface area contributed by atoms with E-state index in [0.29, 0.717) is 29.9 Å². The summed E-state index contributed by atoms with van der Waals surface area (Å²) in [6, 6.07) is 4.97. The largest absolute Gasteiger partial charge is 0.493 e. The molecule has 1 amide bonds. The maximum absolute atomic E-state index is 13.5. The molecule has 0 fully saturated rings. The molecular weight excluding hydrogens is 657 g/mol. The number of nitrogens with two attached hydrogens (primary N) is 1. The highest BCUT2D eigenvalue weighted by molar-refractivity contribution is 7.94. The first-order valence-electron chi connectivity index (χ1n) is 13.5. The van der Waals surface area contributed by atoms with Gasteiger partial charge in [-0.1, -0.05) is 6.07 Å². The van der Waals surface area contributed by atoms with Gasteiger partial charge in [0.25, 0.3) is 15.1 Å². The summed E-state index contributed by atoms with van der Waals surface area (Å²) in [5, 5.41) is 14.6. The Labute approximate surface area is 264 Å². The Morgan fingerprint density at radius 1 is 1.20 bits per heavy atom. The summed E-state index contributed by atoms with van der Waals surface area (Å²) >= 11 is 0.549. The van der Waals surface area contributed by atoms with Gasteiger partial charge in [-0.3, -0.25) is 9.59 Å². The van der Waals surface area contributed by atoms with Crippen LogP contribution < -0.4 is 14.6 Å². The number of rotatable bonds is 16. The molecule has 0 aliphatic carbocycles. The zero-order valence-electron chi connectivity index (χ0n) is 24.7. The van der Waals surface area contributed by atoms with E-state index in [9.17, 15) is 36.5 Å². The summed E-state index contributed by atoms with van der Waals surface area (Å²) < 4.78 is 67.4. The molecule has 0 saturated heterocycles. The molecule has 16 nitrogen and oxygen atoms in total. The lowest BCUT2D eigenvalue weighted by Gasteiger charge is -2.38. The number of carbonyl (C=O) groups excluding carboxylic acids is 2. The molecule has 0 saturated carbocycles. The summed E-state index contributed by atoms with van der Waals surface area (Å²) in [7, 11) is -5.41. The lowest BCUT2D eigenvalue weighted by Crippen LogP contribution is -2.46. The lowest BCUT2D eigenvalue weighted by atomic mass is 10.1. The van der Waals surface area contributed by atoms with Gasteiger partial charge in [-0.15, -0.1) is 21.5 Å². The van der Waals surface area contributed by atoms with Gasteiger partial charge in [0.05, 0.1) is 19.8 Å². The van der Waals surface area contributed by atoms with Crippen molar-refractivity contribution in [2.24, 2.45) is 5.14 Å². The predicted molar refractivity (Wildman–Crippen MR) is 161 cm³/mol. The number of nitrogens with zero attached hydrogens (tertiary/aromatic N) is 3. The van der Waals surface area contributed by atoms with E-state index < -0.39 is 43.1 Å². The Bertz CT molecular complexity index is 1640. The lowest BCUT2D eigenvalue weighted by molar-refractivity contribution is -0.757. The molecular formula is C26H34N4O12S3. The van der Waals surface area contributed by atoms with Crippen LogP contribution in [0.5, 0.6) is 11.5 Å². The van der Waals surface area contributed by atoms with Crippen molar-refractivity contribution in [3.8, 4) is 11.5 Å². The second kappa shape index (κ2) is 15.6. The highest BCUT2D eigenvalue weighted by Gasteiger charge is 2.42. The summed E-state index contributed by atoms with van der Waals surface area (Å²) in [4.78, 5) is 41.4. The fourth-order valence-corrected chi connectivity index (χ4v) is 8.79. The third-order valence-electron chi connectivity index (χ3n) is 6.60. The molecule has 0 bridgehead atoms. The molecule has 2 aromatic rings. The predicted octanol–water partition coefficient (Wildman–Crippen LogP) is 1.94. The molecule has 1 aliphatic heterocycles. The van der Waals surface area contributed by atoms with Gasteiger partial charge in [0.2, 0.25) is 15.9 Å². The normalized spacial score (nSPS) is 16.2. The van der Waals surface area contributed by atoms with Gasteiger partial charge in [-0.2, -0.15) is 4.31 Å². The number of hydrogen-bond acceptors (Lipinski definition) is 13. The first-order chi connectivity index (χ1) is 21.2. The van der Waals surface area contributed by atoms with E-state index in [1.807, 2.05) is 0 Å². The number of benzene rings is 1. The summed E-state index contributed by atoms with van der Waals surface area (Å²) in [5.41, 5.74) is 0.684. The number of primary sulfonamides is 1. The van der Waals surface area contributed by atoms with E-state index in [4.69, 9.17) is 19.3 Å². The number of ether oxygens (including phenoxy) is 3. The van der Waals surface area contributed by atoms with Gasteiger partial charge in [-0.05, 0) is 49.6 Å². The van der Waals surface area contributed by atoms with Crippen LogP contribution in [-0.4, -0.2) is 90.1 Å². The average Bonchev–Trinajstić information content (AvgIpc) is 3.45. The molecule has 0 unspecified atom stereocenters. The van der Waals surface area contributed by atoms with Gasteiger partial charge >= 0.3 is 5.97 Å². The average molecular weight is 691 g/mol. The van der Waals surface area contributed by atoms with Crippen LogP contribution in [0, 0.1) is 10.1 Å². The number of fused-ring (bicyclic) bond motifs is 1. The Kier molecular flexibility index (Phi) is 12.4. The van der Waals surface area contributed by atoms with Crippen LogP contribution in [0.1, 0.15) is 43.4 Å². The van der Waals surface area contributed by atoms with Crippen LogP contribution >= 0.6 is 11.3 Å². The smallest absolute Gasteiger partial charge is 0.311 e. The van der Waals surface area contributed by atoms with Gasteiger partial charge < -0.3 is 23.9 Å². The molecule has 45 heavy (non-hydrogen) atoms. The molecule has 1 aromatic carbocycles. The first-order valence-corrected chi connectivity index (χ1v) is 17.3. The van der Waals surface area contributed by atoms with Crippen LogP contribution in [0.15, 0.2) is 38.8 Å². The van der Waals surface area contributed by atoms with Crippen molar-refractivity contribution in [1.29, 1.82) is 0 Å². The van der Waals surface area contributed by atoms with Gasteiger partial charge in [-0.25, -0.2) is 22.0 Å². The third kappa shape index (κ3) is 9.21. The maximum atomic E-state index is 13.5. The number of amides is 1. The number of likely N-dealkylation sites (N-methyl/N-ethyl adjacent to an activating group) is 1. The maximum Gasteiger partial charge on any atom is 0.311 e. The minimum Gasteiger partial charge on any atom is -0.493 e. The van der Waals surface area contributed by atoms with Gasteiger partial charge in [0, 0.05) is 51.4 Å². The highest BCUT2D eigenvalue weighted by atomic mass is 32.3. The number of methoxy groups -OCH3 is 2. The molecule has 0 radical (unpaired) electrons. The molecule has 2 N–H and O–H groups in total. The quantitative estimate of drug-likeness (QED) is 0.0668. The Morgan fingerprint density at radius 3 is 2.56 bits per heavy atom. The standard InChI is InChI=1S/C26H34N4O12S3/c1-4-29(20-17-28(12-6-13-39-2)45(37,38)26-19(20)16-25(43-26)44(27,35)36)23(31)11-9-18-8-10-21(22(15-18)40-3)42-24(32)7-5-14-41-30(33)34/h8-11,15-16,20H,4-7,12-14,17H2,1-3H3,(H2,27,35,36)/t20-/m0/s1. The molecule has 19 heteroatoms. The molecule has 1 aromatic heterocycles. The van der Waals surface area contributed by atoms with Gasteiger partial charge in [0.1, 0.15) is 8.42 Å². The van der Waals surface area contributed by atoms with Crippen molar-refractivity contribution in [2.75, 3.05) is 47.1 Å². The van der Waals surface area contributed by atoms with E-state index in [-0.39, 0.29) is 64.6 Å². The zero-order valence-corrected chi connectivity index (χ0v) is 27.2. The molecule has 1 atom stereocenters.